The lowest BCUT2D eigenvalue weighted by atomic mass is 10.1. The van der Waals surface area contributed by atoms with Crippen LogP contribution >= 0.6 is 11.6 Å². The summed E-state index contributed by atoms with van der Waals surface area (Å²) in [6.45, 7) is 2.44. The summed E-state index contributed by atoms with van der Waals surface area (Å²) >= 11 is 6.09. The van der Waals surface area contributed by atoms with E-state index in [-0.39, 0.29) is 23.6 Å². The number of nitrogens with one attached hydrogen (secondary N) is 1. The maximum atomic E-state index is 13.8. The van der Waals surface area contributed by atoms with Crippen LogP contribution in [0.5, 0.6) is 5.75 Å². The van der Waals surface area contributed by atoms with E-state index < -0.39 is 17.8 Å². The van der Waals surface area contributed by atoms with Gasteiger partial charge >= 0.3 is 6.18 Å². The number of rotatable bonds is 6. The van der Waals surface area contributed by atoms with E-state index in [1.54, 1.807) is 28.9 Å². The van der Waals surface area contributed by atoms with Crippen molar-refractivity contribution < 1.29 is 22.7 Å². The average Bonchev–Trinajstić information content (AvgIpc) is 3.39. The molecule has 0 spiro atoms. The molecule has 0 aliphatic carbocycles. The molecular weight excluding hydrogens is 461 g/mol. The van der Waals surface area contributed by atoms with Crippen molar-refractivity contribution in [2.75, 3.05) is 7.11 Å². The first-order valence-corrected chi connectivity index (χ1v) is 10.2. The predicted molar refractivity (Wildman–Crippen MR) is 114 cm³/mol. The monoisotopic (exact) mass is 478 g/mol. The highest BCUT2D eigenvalue weighted by molar-refractivity contribution is 6.31. The van der Waals surface area contributed by atoms with E-state index in [2.05, 4.69) is 20.5 Å². The van der Waals surface area contributed by atoms with E-state index in [4.69, 9.17) is 16.3 Å². The summed E-state index contributed by atoms with van der Waals surface area (Å²) in [5, 5.41) is 10.9. The molecule has 4 aromatic rings. The van der Waals surface area contributed by atoms with Crippen molar-refractivity contribution in [1.82, 2.24) is 29.7 Å². The molecule has 3 heterocycles. The molecule has 8 nitrogen and oxygen atoms in total. The van der Waals surface area contributed by atoms with Crippen molar-refractivity contribution in [2.45, 2.75) is 26.2 Å². The van der Waals surface area contributed by atoms with Gasteiger partial charge in [-0.3, -0.25) is 9.48 Å². The molecule has 12 heteroatoms. The molecule has 172 valence electrons. The van der Waals surface area contributed by atoms with Gasteiger partial charge in [-0.05, 0) is 37.3 Å². The van der Waals surface area contributed by atoms with Crippen molar-refractivity contribution in [3.8, 4) is 17.0 Å². The number of carbonyl (C=O) groups excluding carboxylic acids is 1. The molecule has 0 aliphatic rings. The van der Waals surface area contributed by atoms with Crippen molar-refractivity contribution >= 4 is 23.2 Å². The van der Waals surface area contributed by atoms with E-state index in [1.165, 1.54) is 19.4 Å². The number of methoxy groups -OCH3 is 1. The van der Waals surface area contributed by atoms with Gasteiger partial charge in [0, 0.05) is 18.2 Å². The van der Waals surface area contributed by atoms with Crippen LogP contribution in [-0.4, -0.2) is 37.4 Å². The van der Waals surface area contributed by atoms with Crippen LogP contribution in [0.4, 0.5) is 13.2 Å². The molecule has 0 atom stereocenters. The number of ether oxygens (including phenoxy) is 1. The minimum Gasteiger partial charge on any atom is -0.497 e. The second-order valence-corrected chi connectivity index (χ2v) is 7.40. The number of amides is 1. The van der Waals surface area contributed by atoms with E-state index in [0.29, 0.717) is 33.1 Å². The smallest absolute Gasteiger partial charge is 0.433 e. The summed E-state index contributed by atoms with van der Waals surface area (Å²) in [5.74, 6) is -0.108. The van der Waals surface area contributed by atoms with Crippen LogP contribution in [0.25, 0.3) is 16.9 Å². The van der Waals surface area contributed by atoms with Gasteiger partial charge in [0.15, 0.2) is 17.0 Å². The van der Waals surface area contributed by atoms with Crippen LogP contribution in [-0.2, 0) is 19.3 Å². The zero-order valence-electron chi connectivity index (χ0n) is 17.5. The van der Waals surface area contributed by atoms with Crippen molar-refractivity contribution in [3.63, 3.8) is 0 Å². The Morgan fingerprint density at radius 3 is 2.58 bits per heavy atom. The molecule has 1 aromatic carbocycles. The van der Waals surface area contributed by atoms with Crippen LogP contribution in [0.15, 0.2) is 42.6 Å². The Morgan fingerprint density at radius 2 is 1.94 bits per heavy atom. The van der Waals surface area contributed by atoms with E-state index >= 15 is 0 Å². The Hall–Kier alpha value is -3.60. The first-order valence-electron chi connectivity index (χ1n) is 9.82. The number of aryl methyl sites for hydroxylation is 1. The number of aromatic nitrogens is 5. The third kappa shape index (κ3) is 4.49. The third-order valence-electron chi connectivity index (χ3n) is 4.95. The number of hydrogen-bond acceptors (Lipinski definition) is 5. The minimum absolute atomic E-state index is 0.0377. The number of benzene rings is 1. The summed E-state index contributed by atoms with van der Waals surface area (Å²) in [6, 6.07) is 8.54. The second kappa shape index (κ2) is 8.74. The fourth-order valence-electron chi connectivity index (χ4n) is 3.29. The summed E-state index contributed by atoms with van der Waals surface area (Å²) < 4.78 is 48.6. The average molecular weight is 479 g/mol. The zero-order chi connectivity index (χ0) is 23.8. The molecule has 0 fully saturated rings. The van der Waals surface area contributed by atoms with E-state index in [0.717, 1.165) is 6.07 Å². The molecule has 0 unspecified atom stereocenters. The van der Waals surface area contributed by atoms with Gasteiger partial charge in [0.1, 0.15) is 5.75 Å². The molecule has 1 amide bonds. The van der Waals surface area contributed by atoms with Gasteiger partial charge < -0.3 is 10.1 Å². The fourth-order valence-corrected chi connectivity index (χ4v) is 3.50. The Bertz CT molecular complexity index is 1310. The van der Waals surface area contributed by atoms with Gasteiger partial charge in [0.05, 0.1) is 36.3 Å². The van der Waals surface area contributed by atoms with Gasteiger partial charge in [-0.2, -0.15) is 23.4 Å². The van der Waals surface area contributed by atoms with Crippen LogP contribution < -0.4 is 10.1 Å². The molecule has 0 bridgehead atoms. The maximum absolute atomic E-state index is 13.8. The lowest BCUT2D eigenvalue weighted by Crippen LogP contribution is -2.25. The quantitative estimate of drug-likeness (QED) is 0.448. The topological polar surface area (TPSA) is 86.3 Å². The van der Waals surface area contributed by atoms with Gasteiger partial charge in [-0.25, -0.2) is 9.50 Å². The SMILES string of the molecule is CCn1ncc(Cl)c1CNC(=O)c1cc2nc(-c3ccc(OC)cc3)cc(C(F)(F)F)n2n1. The van der Waals surface area contributed by atoms with E-state index in [9.17, 15) is 18.0 Å². The van der Waals surface area contributed by atoms with Gasteiger partial charge in [0.2, 0.25) is 0 Å². The Labute approximate surface area is 190 Å². The van der Waals surface area contributed by atoms with Crippen molar-refractivity contribution in [2.24, 2.45) is 0 Å². The van der Waals surface area contributed by atoms with Crippen molar-refractivity contribution in [3.05, 3.63) is 64.7 Å². The summed E-state index contributed by atoms with van der Waals surface area (Å²) in [4.78, 5) is 16.9. The first-order chi connectivity index (χ1) is 15.7. The van der Waals surface area contributed by atoms with Gasteiger partial charge in [0.25, 0.3) is 5.91 Å². The lowest BCUT2D eigenvalue weighted by Gasteiger charge is -2.11. The molecule has 1 N–H and O–H groups in total. The van der Waals surface area contributed by atoms with Crippen LogP contribution in [0, 0.1) is 0 Å². The molecule has 0 saturated heterocycles. The fraction of sp³-hybridized carbons (Fsp3) is 0.238. The van der Waals surface area contributed by atoms with E-state index in [1.807, 2.05) is 6.92 Å². The summed E-state index contributed by atoms with van der Waals surface area (Å²) in [5.41, 5.74) is -0.255. The Kier molecular flexibility index (Phi) is 5.98. The highest BCUT2D eigenvalue weighted by Gasteiger charge is 2.35. The summed E-state index contributed by atoms with van der Waals surface area (Å²) in [7, 11) is 1.49. The standard InChI is InChI=1S/C21H18ClF3N6O2/c1-3-30-17(14(22)10-27-30)11-26-20(32)16-9-19-28-15(12-4-6-13(33-2)7-5-12)8-18(21(23,24)25)31(19)29-16/h4-10H,3,11H2,1-2H3,(H,26,32). The number of alkyl halides is 3. The van der Waals surface area contributed by atoms with Crippen molar-refractivity contribution in [1.29, 1.82) is 0 Å². The van der Waals surface area contributed by atoms with Gasteiger partial charge in [-0.1, -0.05) is 11.6 Å². The number of hydrogen-bond donors (Lipinski definition) is 1. The molecule has 0 radical (unpaired) electrons. The number of carbonyl (C=O) groups is 1. The van der Waals surface area contributed by atoms with Crippen LogP contribution in [0.3, 0.4) is 0 Å². The first kappa shape index (κ1) is 22.6. The Balaban J connectivity index is 1.69. The molecule has 3 aromatic heterocycles. The molecule has 0 saturated carbocycles. The zero-order valence-corrected chi connectivity index (χ0v) is 18.3. The number of nitrogens with zero attached hydrogens (tertiary/aromatic N) is 5. The highest BCUT2D eigenvalue weighted by Crippen LogP contribution is 2.32. The van der Waals surface area contributed by atoms with Crippen LogP contribution in [0.2, 0.25) is 5.02 Å². The molecule has 0 aliphatic heterocycles. The Morgan fingerprint density at radius 1 is 1.21 bits per heavy atom. The lowest BCUT2D eigenvalue weighted by molar-refractivity contribution is -0.142. The highest BCUT2D eigenvalue weighted by atomic mass is 35.5. The summed E-state index contributed by atoms with van der Waals surface area (Å²) in [6.07, 6.45) is -3.26. The van der Waals surface area contributed by atoms with Crippen LogP contribution in [0.1, 0.15) is 28.8 Å². The third-order valence-corrected chi connectivity index (χ3v) is 5.27. The number of halogens is 4. The number of fused-ring (bicyclic) bond motifs is 1. The second-order valence-electron chi connectivity index (χ2n) is 6.99. The molecular formula is C21H18ClF3N6O2. The molecule has 33 heavy (non-hydrogen) atoms. The minimum atomic E-state index is -4.72. The van der Waals surface area contributed by atoms with Gasteiger partial charge in [-0.15, -0.1) is 0 Å². The molecule has 4 rings (SSSR count). The largest absolute Gasteiger partial charge is 0.497 e. The maximum Gasteiger partial charge on any atom is 0.433 e. The predicted octanol–water partition coefficient (Wildman–Crippen LogP) is 4.22. The normalized spacial score (nSPS) is 11.7.